The van der Waals surface area contributed by atoms with Gasteiger partial charge in [-0.25, -0.2) is 4.79 Å². The SMILES string of the molecule is CSCCC(NC(=O)c1ccc(COCc2ccc(Br)o2)cc1-c1ccccc1C)C(=O)O.[LiH]. The van der Waals surface area contributed by atoms with Gasteiger partial charge in [0.25, 0.3) is 5.91 Å². The molecule has 1 aromatic heterocycles. The van der Waals surface area contributed by atoms with Crippen LogP contribution in [-0.4, -0.2) is 53.9 Å². The van der Waals surface area contributed by atoms with Crippen LogP contribution < -0.4 is 5.32 Å². The predicted octanol–water partition coefficient (Wildman–Crippen LogP) is 5.02. The van der Waals surface area contributed by atoms with Gasteiger partial charge < -0.3 is 19.6 Å². The number of carboxylic acid groups (broad SMARTS) is 1. The number of furan rings is 1. The second kappa shape index (κ2) is 13.8. The molecule has 6 nitrogen and oxygen atoms in total. The molecule has 34 heavy (non-hydrogen) atoms. The van der Waals surface area contributed by atoms with Crippen molar-refractivity contribution < 1.29 is 23.8 Å². The second-order valence-corrected chi connectivity index (χ2v) is 9.31. The van der Waals surface area contributed by atoms with Crippen LogP contribution in [0.4, 0.5) is 0 Å². The van der Waals surface area contributed by atoms with E-state index in [9.17, 15) is 14.7 Å². The Labute approximate surface area is 224 Å². The fraction of sp³-hybridized carbons (Fsp3) is 0.280. The molecule has 1 unspecified atom stereocenters. The number of ether oxygens (including phenoxy) is 1. The number of amides is 1. The van der Waals surface area contributed by atoms with E-state index in [1.165, 1.54) is 0 Å². The number of carboxylic acids is 1. The molecule has 9 heteroatoms. The molecule has 1 heterocycles. The molecule has 0 saturated carbocycles. The summed E-state index contributed by atoms with van der Waals surface area (Å²) in [6, 6.07) is 16.0. The number of thioether (sulfide) groups is 1. The van der Waals surface area contributed by atoms with Gasteiger partial charge in [-0.2, -0.15) is 11.8 Å². The van der Waals surface area contributed by atoms with Crippen molar-refractivity contribution in [1.82, 2.24) is 5.32 Å². The van der Waals surface area contributed by atoms with Crippen LogP contribution in [-0.2, 0) is 22.7 Å². The van der Waals surface area contributed by atoms with E-state index >= 15 is 0 Å². The van der Waals surface area contributed by atoms with E-state index < -0.39 is 17.9 Å². The van der Waals surface area contributed by atoms with Crippen molar-refractivity contribution in [3.05, 3.63) is 81.7 Å². The summed E-state index contributed by atoms with van der Waals surface area (Å²) in [4.78, 5) is 24.7. The summed E-state index contributed by atoms with van der Waals surface area (Å²) in [5.41, 5.74) is 3.99. The third-order valence-electron chi connectivity index (χ3n) is 5.12. The van der Waals surface area contributed by atoms with Crippen LogP contribution in [0.1, 0.15) is 33.7 Å². The number of aryl methyl sites for hydroxylation is 1. The van der Waals surface area contributed by atoms with Gasteiger partial charge in [0.1, 0.15) is 18.4 Å². The molecular formula is C25H27BrLiNO5S. The number of carbonyl (C=O) groups excluding carboxylic acids is 1. The molecule has 176 valence electrons. The number of carbonyl (C=O) groups is 2. The molecule has 0 bridgehead atoms. The van der Waals surface area contributed by atoms with Gasteiger partial charge in [0.05, 0.1) is 6.61 Å². The van der Waals surface area contributed by atoms with Crippen molar-refractivity contribution in [2.45, 2.75) is 32.6 Å². The van der Waals surface area contributed by atoms with Crippen LogP contribution in [0, 0.1) is 6.92 Å². The van der Waals surface area contributed by atoms with Crippen molar-refractivity contribution >= 4 is 58.4 Å². The van der Waals surface area contributed by atoms with Gasteiger partial charge >= 0.3 is 24.8 Å². The van der Waals surface area contributed by atoms with Gasteiger partial charge in [-0.15, -0.1) is 0 Å². The van der Waals surface area contributed by atoms with Crippen LogP contribution in [0.2, 0.25) is 0 Å². The van der Waals surface area contributed by atoms with Crippen molar-refractivity contribution in [2.75, 3.05) is 12.0 Å². The topological polar surface area (TPSA) is 88.8 Å². The van der Waals surface area contributed by atoms with Crippen molar-refractivity contribution in [2.24, 2.45) is 0 Å². The van der Waals surface area contributed by atoms with E-state index in [1.807, 2.05) is 61.7 Å². The van der Waals surface area contributed by atoms with Gasteiger partial charge in [0, 0.05) is 5.56 Å². The maximum atomic E-state index is 13.1. The first-order valence-electron chi connectivity index (χ1n) is 10.4. The zero-order valence-corrected chi connectivity index (χ0v) is 20.9. The van der Waals surface area contributed by atoms with Crippen LogP contribution in [0.3, 0.4) is 0 Å². The summed E-state index contributed by atoms with van der Waals surface area (Å²) in [7, 11) is 0. The monoisotopic (exact) mass is 539 g/mol. The minimum atomic E-state index is -1.04. The van der Waals surface area contributed by atoms with Gasteiger partial charge in [0.15, 0.2) is 4.67 Å². The van der Waals surface area contributed by atoms with Crippen LogP contribution in [0.5, 0.6) is 0 Å². The fourth-order valence-electron chi connectivity index (χ4n) is 3.40. The fourth-order valence-corrected chi connectivity index (χ4v) is 4.22. The summed E-state index contributed by atoms with van der Waals surface area (Å²) in [6.07, 6.45) is 2.26. The average Bonchev–Trinajstić information content (AvgIpc) is 3.21. The first kappa shape index (κ1) is 28.3. The Morgan fingerprint density at radius 2 is 1.88 bits per heavy atom. The van der Waals surface area contributed by atoms with Crippen LogP contribution in [0.25, 0.3) is 11.1 Å². The molecule has 0 aliphatic heterocycles. The number of halogens is 1. The van der Waals surface area contributed by atoms with E-state index in [2.05, 4.69) is 21.2 Å². The standard InChI is InChI=1S/C25H26BrNO5S.Li.H/c1-16-5-3-4-6-19(16)21-13-17(14-31-15-18-8-10-23(26)32-18)7-9-20(21)24(28)27-22(25(29)30)11-12-33-2;;/h3-10,13,22H,11-12,14-15H2,1-2H3,(H,27,28)(H,29,30);;. The molecular weight excluding hydrogens is 513 g/mol. The molecule has 2 N–H and O–H groups in total. The normalized spacial score (nSPS) is 11.5. The quantitative estimate of drug-likeness (QED) is 0.332. The van der Waals surface area contributed by atoms with Crippen molar-refractivity contribution in [1.29, 1.82) is 0 Å². The zero-order chi connectivity index (χ0) is 23.8. The van der Waals surface area contributed by atoms with Crippen molar-refractivity contribution in [3.8, 4) is 11.1 Å². The third-order valence-corrected chi connectivity index (χ3v) is 6.19. The van der Waals surface area contributed by atoms with E-state index in [1.54, 1.807) is 17.8 Å². The molecule has 0 spiro atoms. The summed E-state index contributed by atoms with van der Waals surface area (Å²) >= 11 is 4.82. The molecule has 2 aromatic carbocycles. The first-order chi connectivity index (χ1) is 15.9. The Morgan fingerprint density at radius 3 is 2.53 bits per heavy atom. The summed E-state index contributed by atoms with van der Waals surface area (Å²) in [6.45, 7) is 2.64. The minimum absolute atomic E-state index is 0. The number of aliphatic carboxylic acids is 1. The number of benzene rings is 2. The van der Waals surface area contributed by atoms with E-state index in [0.29, 0.717) is 41.4 Å². The molecule has 0 radical (unpaired) electrons. The molecule has 0 fully saturated rings. The van der Waals surface area contributed by atoms with E-state index in [0.717, 1.165) is 22.3 Å². The molecule has 0 aliphatic carbocycles. The summed E-state index contributed by atoms with van der Waals surface area (Å²) < 4.78 is 11.9. The van der Waals surface area contributed by atoms with Crippen LogP contribution >= 0.6 is 27.7 Å². The first-order valence-corrected chi connectivity index (χ1v) is 12.6. The average molecular weight is 540 g/mol. The Bertz CT molecular complexity index is 1120. The van der Waals surface area contributed by atoms with Gasteiger partial charge in [-0.3, -0.25) is 4.79 Å². The van der Waals surface area contributed by atoms with Gasteiger partial charge in [-0.1, -0.05) is 30.3 Å². The molecule has 1 amide bonds. The van der Waals surface area contributed by atoms with E-state index in [4.69, 9.17) is 9.15 Å². The molecule has 1 atom stereocenters. The summed E-state index contributed by atoms with van der Waals surface area (Å²) in [5, 5.41) is 12.2. The Balaban J connectivity index is 0.00000408. The van der Waals surface area contributed by atoms with Gasteiger partial charge in [-0.05, 0) is 87.8 Å². The molecule has 3 aromatic rings. The van der Waals surface area contributed by atoms with Crippen molar-refractivity contribution in [3.63, 3.8) is 0 Å². The Hall–Kier alpha value is -1.95. The number of rotatable bonds is 11. The summed E-state index contributed by atoms with van der Waals surface area (Å²) in [5.74, 6) is -0.0919. The Morgan fingerprint density at radius 1 is 1.12 bits per heavy atom. The molecule has 3 rings (SSSR count). The Kier molecular flexibility index (Phi) is 11.5. The van der Waals surface area contributed by atoms with Crippen LogP contribution in [0.15, 0.2) is 63.7 Å². The molecule has 0 aliphatic rings. The van der Waals surface area contributed by atoms with E-state index in [-0.39, 0.29) is 18.9 Å². The third kappa shape index (κ3) is 7.79. The zero-order valence-electron chi connectivity index (χ0n) is 18.5. The maximum absolute atomic E-state index is 13.1. The van der Waals surface area contributed by atoms with Gasteiger partial charge in [0.2, 0.25) is 0 Å². The second-order valence-electron chi connectivity index (χ2n) is 7.54. The molecule has 0 saturated heterocycles. The number of hydrogen-bond acceptors (Lipinski definition) is 5. The predicted molar refractivity (Wildman–Crippen MR) is 141 cm³/mol. The number of hydrogen-bond donors (Lipinski definition) is 2. The number of nitrogens with one attached hydrogen (secondary N) is 1.